The van der Waals surface area contributed by atoms with Gasteiger partial charge in [-0.1, -0.05) is 13.3 Å². The molecule has 3 N–H and O–H groups in total. The van der Waals surface area contributed by atoms with Crippen molar-refractivity contribution in [2.24, 2.45) is 0 Å². The fraction of sp³-hybridized carbons (Fsp3) is 0.462. The van der Waals surface area contributed by atoms with Crippen LogP contribution < -0.4 is 11.1 Å². The van der Waals surface area contributed by atoms with Gasteiger partial charge in [-0.2, -0.15) is 0 Å². The van der Waals surface area contributed by atoms with E-state index in [1.165, 1.54) is 18.2 Å². The Morgan fingerprint density at radius 3 is 2.94 bits per heavy atom. The molecule has 0 aliphatic carbocycles. The number of amides is 1. The molecule has 1 unspecified atom stereocenters. The summed E-state index contributed by atoms with van der Waals surface area (Å²) in [6.45, 7) is 3.92. The molecule has 1 aromatic rings. The third kappa shape index (κ3) is 4.56. The summed E-state index contributed by atoms with van der Waals surface area (Å²) in [4.78, 5) is 11.8. The molecular weight excluding hydrogens is 251 g/mol. The topological polar surface area (TPSA) is 55.1 Å². The van der Waals surface area contributed by atoms with Gasteiger partial charge in [0.05, 0.1) is 10.9 Å². The molecule has 0 aliphatic heterocycles. The number of nitrogen functional groups attached to an aromatic ring is 1. The van der Waals surface area contributed by atoms with Crippen molar-refractivity contribution in [3.05, 3.63) is 24.0 Å². The van der Waals surface area contributed by atoms with E-state index in [1.54, 1.807) is 11.8 Å². The number of benzene rings is 1. The van der Waals surface area contributed by atoms with Crippen LogP contribution in [0, 0.1) is 5.82 Å². The summed E-state index contributed by atoms with van der Waals surface area (Å²) in [7, 11) is 0. The molecule has 100 valence electrons. The van der Waals surface area contributed by atoms with Crippen molar-refractivity contribution in [2.45, 2.75) is 31.9 Å². The molecule has 3 nitrogen and oxygen atoms in total. The Hall–Kier alpha value is -1.23. The van der Waals surface area contributed by atoms with E-state index in [2.05, 4.69) is 12.2 Å². The van der Waals surface area contributed by atoms with Crippen LogP contribution in [0.3, 0.4) is 0 Å². The fourth-order valence-corrected chi connectivity index (χ4v) is 2.37. The van der Waals surface area contributed by atoms with Gasteiger partial charge < -0.3 is 11.1 Å². The van der Waals surface area contributed by atoms with Crippen LogP contribution in [0.2, 0.25) is 0 Å². The highest BCUT2D eigenvalue weighted by atomic mass is 32.2. The fourth-order valence-electron chi connectivity index (χ4n) is 1.35. The van der Waals surface area contributed by atoms with Gasteiger partial charge in [0.15, 0.2) is 0 Å². The van der Waals surface area contributed by atoms with Crippen LogP contribution in [0.25, 0.3) is 0 Å². The molecule has 0 fully saturated rings. The number of nitrogens with one attached hydrogen (secondary N) is 1. The van der Waals surface area contributed by atoms with E-state index in [-0.39, 0.29) is 16.8 Å². The van der Waals surface area contributed by atoms with E-state index >= 15 is 0 Å². The standard InChI is InChI=1S/C13H19FN2OS/c1-3-4-7-18-9(2)13(17)16-12-8-10(15)5-6-11(12)14/h5-6,8-9H,3-4,7,15H2,1-2H3,(H,16,17). The van der Waals surface area contributed by atoms with Gasteiger partial charge in [-0.05, 0) is 37.3 Å². The van der Waals surface area contributed by atoms with Gasteiger partial charge in [-0.15, -0.1) is 11.8 Å². The monoisotopic (exact) mass is 270 g/mol. The molecule has 1 amide bonds. The van der Waals surface area contributed by atoms with E-state index in [4.69, 9.17) is 5.73 Å². The first-order valence-corrected chi connectivity index (χ1v) is 7.07. The highest BCUT2D eigenvalue weighted by molar-refractivity contribution is 8.00. The van der Waals surface area contributed by atoms with E-state index in [0.29, 0.717) is 5.69 Å². The van der Waals surface area contributed by atoms with Gasteiger partial charge >= 0.3 is 0 Å². The number of hydrogen-bond donors (Lipinski definition) is 2. The van der Waals surface area contributed by atoms with Crippen molar-refractivity contribution in [2.75, 3.05) is 16.8 Å². The molecule has 0 heterocycles. The number of nitrogens with two attached hydrogens (primary N) is 1. The smallest absolute Gasteiger partial charge is 0.237 e. The average molecular weight is 270 g/mol. The van der Waals surface area contributed by atoms with Crippen LogP contribution >= 0.6 is 11.8 Å². The maximum Gasteiger partial charge on any atom is 0.237 e. The molecule has 0 saturated carbocycles. The summed E-state index contributed by atoms with van der Waals surface area (Å²) in [5.41, 5.74) is 6.12. The Morgan fingerprint density at radius 1 is 1.56 bits per heavy atom. The summed E-state index contributed by atoms with van der Waals surface area (Å²) >= 11 is 1.57. The number of rotatable bonds is 6. The lowest BCUT2D eigenvalue weighted by Crippen LogP contribution is -2.23. The molecule has 18 heavy (non-hydrogen) atoms. The van der Waals surface area contributed by atoms with Crippen LogP contribution in [-0.4, -0.2) is 16.9 Å². The van der Waals surface area contributed by atoms with Crippen molar-refractivity contribution in [3.63, 3.8) is 0 Å². The molecule has 0 aliphatic rings. The Labute approximate surface area is 111 Å². The van der Waals surface area contributed by atoms with Gasteiger partial charge in [-0.3, -0.25) is 4.79 Å². The summed E-state index contributed by atoms with van der Waals surface area (Å²) in [5.74, 6) is 0.272. The quantitative estimate of drug-likeness (QED) is 0.616. The van der Waals surface area contributed by atoms with E-state index in [0.717, 1.165) is 18.6 Å². The minimum Gasteiger partial charge on any atom is -0.399 e. The molecule has 5 heteroatoms. The lowest BCUT2D eigenvalue weighted by molar-refractivity contribution is -0.115. The molecule has 0 bridgehead atoms. The number of carbonyl (C=O) groups excluding carboxylic acids is 1. The van der Waals surface area contributed by atoms with Crippen LogP contribution in [0.15, 0.2) is 18.2 Å². The van der Waals surface area contributed by atoms with Crippen LogP contribution in [0.5, 0.6) is 0 Å². The molecule has 0 spiro atoms. The van der Waals surface area contributed by atoms with Crippen molar-refractivity contribution in [1.29, 1.82) is 0 Å². The number of unbranched alkanes of at least 4 members (excludes halogenated alkanes) is 1. The lowest BCUT2D eigenvalue weighted by atomic mass is 10.2. The zero-order valence-corrected chi connectivity index (χ0v) is 11.5. The van der Waals surface area contributed by atoms with Crippen LogP contribution in [-0.2, 0) is 4.79 Å². The summed E-state index contributed by atoms with van der Waals surface area (Å²) in [5, 5.41) is 2.37. The maximum absolute atomic E-state index is 13.4. The normalized spacial score (nSPS) is 12.2. The Balaban J connectivity index is 2.55. The number of hydrogen-bond acceptors (Lipinski definition) is 3. The first-order valence-electron chi connectivity index (χ1n) is 6.02. The van der Waals surface area contributed by atoms with Crippen LogP contribution in [0.4, 0.5) is 15.8 Å². The number of halogens is 1. The summed E-state index contributed by atoms with van der Waals surface area (Å²) < 4.78 is 13.4. The molecule has 0 radical (unpaired) electrons. The highest BCUT2D eigenvalue weighted by Gasteiger charge is 2.14. The molecule has 1 atom stereocenters. The van der Waals surface area contributed by atoms with E-state index in [9.17, 15) is 9.18 Å². The molecular formula is C13H19FN2OS. The predicted molar refractivity (Wildman–Crippen MR) is 76.3 cm³/mol. The van der Waals surface area contributed by atoms with Crippen molar-refractivity contribution >= 4 is 29.0 Å². The lowest BCUT2D eigenvalue weighted by Gasteiger charge is -2.12. The molecule has 1 rings (SSSR count). The summed E-state index contributed by atoms with van der Waals surface area (Å²) in [6, 6.07) is 4.14. The largest absolute Gasteiger partial charge is 0.399 e. The van der Waals surface area contributed by atoms with Gasteiger partial charge in [0.1, 0.15) is 5.82 Å². The third-order valence-corrected chi connectivity index (χ3v) is 3.72. The van der Waals surface area contributed by atoms with Crippen molar-refractivity contribution in [3.8, 4) is 0 Å². The van der Waals surface area contributed by atoms with Crippen molar-refractivity contribution in [1.82, 2.24) is 0 Å². The van der Waals surface area contributed by atoms with Gasteiger partial charge in [-0.25, -0.2) is 4.39 Å². The van der Waals surface area contributed by atoms with E-state index in [1.807, 2.05) is 6.92 Å². The van der Waals surface area contributed by atoms with E-state index < -0.39 is 5.82 Å². The zero-order valence-electron chi connectivity index (χ0n) is 10.7. The maximum atomic E-state index is 13.4. The third-order valence-electron chi connectivity index (χ3n) is 2.48. The van der Waals surface area contributed by atoms with Crippen LogP contribution in [0.1, 0.15) is 26.7 Å². The molecule has 1 aromatic carbocycles. The minimum absolute atomic E-state index is 0.142. The second kappa shape index (κ2) is 7.26. The number of thioether (sulfide) groups is 1. The SMILES string of the molecule is CCCCSC(C)C(=O)Nc1cc(N)ccc1F. The first kappa shape index (κ1) is 14.8. The Bertz CT molecular complexity index is 412. The number of anilines is 2. The first-order chi connectivity index (χ1) is 8.54. The van der Waals surface area contributed by atoms with Gasteiger partial charge in [0.25, 0.3) is 0 Å². The second-order valence-electron chi connectivity index (χ2n) is 4.10. The minimum atomic E-state index is -0.469. The Morgan fingerprint density at radius 2 is 2.28 bits per heavy atom. The highest BCUT2D eigenvalue weighted by Crippen LogP contribution is 2.20. The molecule has 0 saturated heterocycles. The van der Waals surface area contributed by atoms with Gasteiger partial charge in [0, 0.05) is 5.69 Å². The predicted octanol–water partition coefficient (Wildman–Crippen LogP) is 3.27. The average Bonchev–Trinajstić information content (AvgIpc) is 2.34. The summed E-state index contributed by atoms with van der Waals surface area (Å²) in [6.07, 6.45) is 2.18. The number of carbonyl (C=O) groups is 1. The Kier molecular flexibility index (Phi) is 5.98. The van der Waals surface area contributed by atoms with Crippen molar-refractivity contribution < 1.29 is 9.18 Å². The zero-order chi connectivity index (χ0) is 13.5. The van der Waals surface area contributed by atoms with Gasteiger partial charge in [0.2, 0.25) is 5.91 Å². The second-order valence-corrected chi connectivity index (χ2v) is 5.54. The molecule has 0 aromatic heterocycles.